The molecule has 1 fully saturated rings. The highest BCUT2D eigenvalue weighted by Crippen LogP contribution is 2.21. The van der Waals surface area contributed by atoms with Crippen molar-refractivity contribution < 1.29 is 9.63 Å². The van der Waals surface area contributed by atoms with E-state index in [1.807, 2.05) is 54.6 Å². The minimum Gasteiger partial charge on any atom is -0.345 e. The van der Waals surface area contributed by atoms with E-state index >= 15 is 0 Å². The summed E-state index contributed by atoms with van der Waals surface area (Å²) in [5, 5.41) is 3.33. The topological polar surface area (TPSA) is 53.9 Å². The first kappa shape index (κ1) is 11.9. The van der Waals surface area contributed by atoms with E-state index in [-0.39, 0.29) is 0 Å². The third-order valence-electron chi connectivity index (χ3n) is 3.43. The Bertz CT molecular complexity index is 872. The SMILES string of the molecule is O=C1ONN(c2ccccc2)/C1=c1\ccc2c(c1)C=CN=2. The number of carbonyl (C=O) groups excluding carboxylic acids is 1. The van der Waals surface area contributed by atoms with Crippen LogP contribution in [0.15, 0.2) is 59.7 Å². The Hall–Kier alpha value is -2.92. The molecule has 0 bridgehead atoms. The van der Waals surface area contributed by atoms with E-state index in [4.69, 9.17) is 4.84 Å². The number of fused-ring (bicyclic) bond motifs is 1. The fourth-order valence-corrected chi connectivity index (χ4v) is 2.43. The molecule has 5 nitrogen and oxygen atoms in total. The van der Waals surface area contributed by atoms with Crippen molar-refractivity contribution in [1.82, 2.24) is 5.59 Å². The summed E-state index contributed by atoms with van der Waals surface area (Å²) >= 11 is 0. The van der Waals surface area contributed by atoms with Gasteiger partial charge in [0.25, 0.3) is 0 Å². The summed E-state index contributed by atoms with van der Waals surface area (Å²) in [5.74, 6) is -0.405. The average Bonchev–Trinajstić information content (AvgIpc) is 3.13. The molecule has 0 atom stereocenters. The van der Waals surface area contributed by atoms with Gasteiger partial charge >= 0.3 is 5.97 Å². The second-order valence-corrected chi connectivity index (χ2v) is 4.72. The van der Waals surface area contributed by atoms with E-state index in [9.17, 15) is 4.79 Å². The Morgan fingerprint density at radius 2 is 1.95 bits per heavy atom. The molecule has 2 aliphatic rings. The molecule has 21 heavy (non-hydrogen) atoms. The molecule has 5 heteroatoms. The third kappa shape index (κ3) is 1.91. The van der Waals surface area contributed by atoms with Crippen molar-refractivity contribution >= 4 is 23.4 Å². The molecule has 0 aromatic heterocycles. The van der Waals surface area contributed by atoms with Crippen LogP contribution in [0.2, 0.25) is 0 Å². The van der Waals surface area contributed by atoms with Gasteiger partial charge in [0.2, 0.25) is 0 Å². The predicted molar refractivity (Wildman–Crippen MR) is 77.8 cm³/mol. The van der Waals surface area contributed by atoms with Gasteiger partial charge in [0.05, 0.1) is 11.0 Å². The van der Waals surface area contributed by atoms with Gasteiger partial charge in [-0.2, -0.15) is 0 Å². The number of hydrazine groups is 1. The maximum absolute atomic E-state index is 12.1. The van der Waals surface area contributed by atoms with Gasteiger partial charge in [0.1, 0.15) is 0 Å². The molecule has 2 aromatic carbocycles. The van der Waals surface area contributed by atoms with Crippen LogP contribution in [0.4, 0.5) is 5.69 Å². The molecule has 4 rings (SSSR count). The lowest BCUT2D eigenvalue weighted by Gasteiger charge is -2.15. The van der Waals surface area contributed by atoms with Crippen molar-refractivity contribution in [2.75, 3.05) is 5.01 Å². The number of benzene rings is 2. The Balaban J connectivity index is 1.92. The van der Waals surface area contributed by atoms with Crippen LogP contribution in [0.5, 0.6) is 0 Å². The van der Waals surface area contributed by atoms with Gasteiger partial charge < -0.3 is 4.84 Å². The van der Waals surface area contributed by atoms with E-state index in [0.717, 1.165) is 21.8 Å². The third-order valence-corrected chi connectivity index (χ3v) is 3.43. The zero-order valence-corrected chi connectivity index (χ0v) is 11.0. The normalized spacial score (nSPS) is 18.5. The second kappa shape index (κ2) is 4.57. The van der Waals surface area contributed by atoms with Crippen LogP contribution >= 0.6 is 0 Å². The summed E-state index contributed by atoms with van der Waals surface area (Å²) in [7, 11) is 0. The fraction of sp³-hybridized carbons (Fsp3) is 0. The maximum Gasteiger partial charge on any atom is 0.377 e. The standard InChI is InChI=1S/C16H11N3O2/c20-16-15(12-6-7-14-11(10-12)8-9-17-14)19(18-21-16)13-4-2-1-3-5-13/h1-10,18H/b15-12+. The number of hydrogen-bond acceptors (Lipinski definition) is 5. The van der Waals surface area contributed by atoms with Gasteiger partial charge in [-0.05, 0) is 30.3 Å². The van der Waals surface area contributed by atoms with Crippen LogP contribution < -0.4 is 21.2 Å². The molecule has 2 heterocycles. The van der Waals surface area contributed by atoms with Crippen molar-refractivity contribution in [1.29, 1.82) is 0 Å². The van der Waals surface area contributed by atoms with E-state index in [1.165, 1.54) is 0 Å². The summed E-state index contributed by atoms with van der Waals surface area (Å²) in [6, 6.07) is 15.2. The lowest BCUT2D eigenvalue weighted by atomic mass is 10.1. The van der Waals surface area contributed by atoms with Crippen molar-refractivity contribution in [3.63, 3.8) is 0 Å². The molecule has 0 aliphatic carbocycles. The fourth-order valence-electron chi connectivity index (χ4n) is 2.43. The number of nitrogens with zero attached hydrogens (tertiary/aromatic N) is 2. The summed E-state index contributed by atoms with van der Waals surface area (Å²) in [5.41, 5.74) is 4.93. The summed E-state index contributed by atoms with van der Waals surface area (Å²) < 4.78 is 0. The molecule has 1 N–H and O–H groups in total. The first-order valence-electron chi connectivity index (χ1n) is 6.54. The Labute approximate surface area is 120 Å². The number of para-hydroxylation sites is 1. The van der Waals surface area contributed by atoms with Gasteiger partial charge in [0, 0.05) is 17.0 Å². The van der Waals surface area contributed by atoms with Crippen LogP contribution in [-0.4, -0.2) is 5.97 Å². The number of anilines is 1. The molecule has 2 aliphatic heterocycles. The maximum atomic E-state index is 12.1. The van der Waals surface area contributed by atoms with E-state index in [2.05, 4.69) is 10.6 Å². The van der Waals surface area contributed by atoms with Crippen molar-refractivity contribution in [2.45, 2.75) is 0 Å². The largest absolute Gasteiger partial charge is 0.377 e. The average molecular weight is 277 g/mol. The Morgan fingerprint density at radius 3 is 2.81 bits per heavy atom. The Kier molecular flexibility index (Phi) is 2.58. The number of hydrogen-bond donors (Lipinski definition) is 1. The van der Waals surface area contributed by atoms with E-state index in [0.29, 0.717) is 5.70 Å². The predicted octanol–water partition coefficient (Wildman–Crippen LogP) is 0.882. The second-order valence-electron chi connectivity index (χ2n) is 4.72. The smallest absolute Gasteiger partial charge is 0.345 e. The van der Waals surface area contributed by atoms with Gasteiger partial charge in [0.15, 0.2) is 5.70 Å². The number of nitrogens with one attached hydrogen (secondary N) is 1. The van der Waals surface area contributed by atoms with E-state index in [1.54, 1.807) is 11.2 Å². The van der Waals surface area contributed by atoms with Crippen LogP contribution in [-0.2, 0) is 9.63 Å². The highest BCUT2D eigenvalue weighted by Gasteiger charge is 2.29. The van der Waals surface area contributed by atoms with Gasteiger partial charge in [-0.1, -0.05) is 29.9 Å². The molecule has 2 aromatic rings. The zero-order chi connectivity index (χ0) is 14.2. The molecule has 0 radical (unpaired) electrons. The lowest BCUT2D eigenvalue weighted by Crippen LogP contribution is -2.31. The monoisotopic (exact) mass is 277 g/mol. The van der Waals surface area contributed by atoms with Gasteiger partial charge in [-0.3, -0.25) is 4.99 Å². The van der Waals surface area contributed by atoms with Gasteiger partial charge in [-0.15, -0.1) is 0 Å². The molecule has 0 amide bonds. The highest BCUT2D eigenvalue weighted by atomic mass is 16.7. The number of rotatable bonds is 1. The first-order chi connectivity index (χ1) is 10.3. The van der Waals surface area contributed by atoms with Crippen LogP contribution in [0.3, 0.4) is 0 Å². The van der Waals surface area contributed by atoms with E-state index < -0.39 is 5.97 Å². The molecule has 102 valence electrons. The van der Waals surface area contributed by atoms with Crippen molar-refractivity contribution in [2.24, 2.45) is 4.99 Å². The molecular formula is C16H11N3O2. The zero-order valence-electron chi connectivity index (χ0n) is 11.0. The van der Waals surface area contributed by atoms with Crippen molar-refractivity contribution in [3.8, 4) is 0 Å². The highest BCUT2D eigenvalue weighted by molar-refractivity contribution is 6.15. The van der Waals surface area contributed by atoms with Gasteiger partial charge in [-0.25, -0.2) is 9.80 Å². The minimum atomic E-state index is -0.405. The van der Waals surface area contributed by atoms with Crippen LogP contribution in [0.25, 0.3) is 11.8 Å². The molecule has 0 unspecified atom stereocenters. The Morgan fingerprint density at radius 1 is 1.10 bits per heavy atom. The van der Waals surface area contributed by atoms with Crippen molar-refractivity contribution in [3.05, 3.63) is 70.9 Å². The summed E-state index contributed by atoms with van der Waals surface area (Å²) in [6.45, 7) is 0. The molecule has 1 saturated heterocycles. The minimum absolute atomic E-state index is 0.405. The lowest BCUT2D eigenvalue weighted by molar-refractivity contribution is -0.139. The molecular weight excluding hydrogens is 266 g/mol. The quantitative estimate of drug-likeness (QED) is 0.841. The number of carbonyl (C=O) groups is 1. The van der Waals surface area contributed by atoms with Crippen LogP contribution in [0.1, 0.15) is 5.56 Å². The summed E-state index contributed by atoms with van der Waals surface area (Å²) in [6.07, 6.45) is 3.67. The summed E-state index contributed by atoms with van der Waals surface area (Å²) in [4.78, 5) is 21.2. The molecule has 0 saturated carbocycles. The van der Waals surface area contributed by atoms with Crippen LogP contribution in [0, 0.1) is 0 Å². The molecule has 0 spiro atoms. The first-order valence-corrected chi connectivity index (χ1v) is 6.54.